The maximum Gasteiger partial charge on any atom is 0.271 e. The number of nitrogens with zero attached hydrogens (tertiary/aromatic N) is 1. The lowest BCUT2D eigenvalue weighted by molar-refractivity contribution is -0.384. The Morgan fingerprint density at radius 1 is 1.43 bits per heavy atom. The quantitative estimate of drug-likeness (QED) is 0.646. The van der Waals surface area contributed by atoms with Crippen molar-refractivity contribution in [2.45, 2.75) is 25.7 Å². The molecule has 0 saturated carbocycles. The Morgan fingerprint density at radius 2 is 2.14 bits per heavy atom. The third-order valence-corrected chi connectivity index (χ3v) is 4.00. The summed E-state index contributed by atoms with van der Waals surface area (Å²) < 4.78 is 0. The molecule has 21 heavy (non-hydrogen) atoms. The van der Waals surface area contributed by atoms with E-state index < -0.39 is 4.92 Å². The first-order valence-corrected chi connectivity index (χ1v) is 7.38. The van der Waals surface area contributed by atoms with Gasteiger partial charge in [0.25, 0.3) is 5.69 Å². The van der Waals surface area contributed by atoms with Crippen molar-refractivity contribution in [3.05, 3.63) is 33.3 Å². The van der Waals surface area contributed by atoms with Crippen LogP contribution in [0.1, 0.15) is 25.7 Å². The van der Waals surface area contributed by atoms with Crippen molar-refractivity contribution in [1.82, 2.24) is 5.32 Å². The van der Waals surface area contributed by atoms with Gasteiger partial charge >= 0.3 is 0 Å². The zero-order chi connectivity index (χ0) is 15.2. The van der Waals surface area contributed by atoms with Gasteiger partial charge in [0.05, 0.1) is 15.6 Å². The molecule has 0 aliphatic carbocycles. The highest BCUT2D eigenvalue weighted by Crippen LogP contribution is 2.27. The van der Waals surface area contributed by atoms with E-state index in [0.717, 1.165) is 32.4 Å². The van der Waals surface area contributed by atoms with Gasteiger partial charge in [0.2, 0.25) is 5.91 Å². The second-order valence-electron chi connectivity index (χ2n) is 5.20. The molecular weight excluding hydrogens is 294 g/mol. The van der Waals surface area contributed by atoms with Gasteiger partial charge in [0, 0.05) is 18.6 Å². The fourth-order valence-electron chi connectivity index (χ4n) is 2.44. The first-order valence-electron chi connectivity index (χ1n) is 7.01. The number of non-ortho nitro benzene ring substituents is 1. The van der Waals surface area contributed by atoms with Crippen molar-refractivity contribution < 1.29 is 9.72 Å². The molecule has 0 atom stereocenters. The lowest BCUT2D eigenvalue weighted by Gasteiger charge is -2.22. The van der Waals surface area contributed by atoms with Crippen LogP contribution >= 0.6 is 11.6 Å². The van der Waals surface area contributed by atoms with Crippen LogP contribution in [0.25, 0.3) is 0 Å². The molecule has 0 radical (unpaired) electrons. The standard InChI is InChI=1S/C14H18ClN3O3/c15-12-3-2-11(18(20)21)9-13(12)17-14(19)4-1-10-5-7-16-8-6-10/h2-3,9-10,16H,1,4-8H2,(H,17,19). The van der Waals surface area contributed by atoms with Gasteiger partial charge in [-0.3, -0.25) is 14.9 Å². The topological polar surface area (TPSA) is 84.3 Å². The zero-order valence-electron chi connectivity index (χ0n) is 11.6. The Bertz CT molecular complexity index is 530. The molecule has 0 aromatic heterocycles. The minimum atomic E-state index is -0.513. The second-order valence-corrected chi connectivity index (χ2v) is 5.61. The summed E-state index contributed by atoms with van der Waals surface area (Å²) in [6, 6.07) is 4.01. The largest absolute Gasteiger partial charge is 0.325 e. The summed E-state index contributed by atoms with van der Waals surface area (Å²) in [6.45, 7) is 2.01. The van der Waals surface area contributed by atoms with Crippen LogP contribution in [-0.2, 0) is 4.79 Å². The summed E-state index contributed by atoms with van der Waals surface area (Å²) in [5.74, 6) is 0.411. The summed E-state index contributed by atoms with van der Waals surface area (Å²) in [7, 11) is 0. The number of nitrogens with one attached hydrogen (secondary N) is 2. The smallest absolute Gasteiger partial charge is 0.271 e. The van der Waals surface area contributed by atoms with Gasteiger partial charge < -0.3 is 10.6 Å². The summed E-state index contributed by atoms with van der Waals surface area (Å²) in [5, 5.41) is 17.0. The van der Waals surface area contributed by atoms with Crippen LogP contribution in [0, 0.1) is 16.0 Å². The molecule has 1 aromatic carbocycles. The number of carbonyl (C=O) groups is 1. The van der Waals surface area contributed by atoms with E-state index in [-0.39, 0.29) is 11.6 Å². The average Bonchev–Trinajstić information content (AvgIpc) is 2.48. The lowest BCUT2D eigenvalue weighted by Crippen LogP contribution is -2.28. The van der Waals surface area contributed by atoms with Gasteiger partial charge in [-0.2, -0.15) is 0 Å². The first-order chi connectivity index (χ1) is 10.1. The van der Waals surface area contributed by atoms with Crippen LogP contribution in [0.15, 0.2) is 18.2 Å². The van der Waals surface area contributed by atoms with E-state index in [9.17, 15) is 14.9 Å². The molecule has 114 valence electrons. The SMILES string of the molecule is O=C(CCC1CCNCC1)Nc1cc([N+](=O)[O-])ccc1Cl. The fraction of sp³-hybridized carbons (Fsp3) is 0.500. The summed E-state index contributed by atoms with van der Waals surface area (Å²) in [6.07, 6.45) is 3.42. The number of nitro benzene ring substituents is 1. The van der Waals surface area contributed by atoms with Gasteiger partial charge in [0.1, 0.15) is 0 Å². The summed E-state index contributed by atoms with van der Waals surface area (Å²) in [4.78, 5) is 22.1. The highest BCUT2D eigenvalue weighted by Gasteiger charge is 2.16. The number of rotatable bonds is 5. The van der Waals surface area contributed by atoms with E-state index >= 15 is 0 Å². The van der Waals surface area contributed by atoms with Crippen LogP contribution in [0.3, 0.4) is 0 Å². The number of hydrogen-bond acceptors (Lipinski definition) is 4. The van der Waals surface area contributed by atoms with E-state index in [1.54, 1.807) is 0 Å². The van der Waals surface area contributed by atoms with E-state index in [4.69, 9.17) is 11.6 Å². The van der Waals surface area contributed by atoms with E-state index in [2.05, 4.69) is 10.6 Å². The molecular formula is C14H18ClN3O3. The van der Waals surface area contributed by atoms with E-state index in [1.807, 2.05) is 0 Å². The lowest BCUT2D eigenvalue weighted by atomic mass is 9.93. The van der Waals surface area contributed by atoms with Crippen molar-refractivity contribution in [2.24, 2.45) is 5.92 Å². The monoisotopic (exact) mass is 311 g/mol. The molecule has 1 fully saturated rings. The molecule has 6 nitrogen and oxygen atoms in total. The molecule has 1 aliphatic rings. The molecule has 1 aromatic rings. The van der Waals surface area contributed by atoms with Crippen LogP contribution < -0.4 is 10.6 Å². The van der Waals surface area contributed by atoms with Crippen molar-refractivity contribution in [2.75, 3.05) is 18.4 Å². The van der Waals surface area contributed by atoms with Gasteiger partial charge in [-0.25, -0.2) is 0 Å². The molecule has 0 unspecified atom stereocenters. The molecule has 2 N–H and O–H groups in total. The normalized spacial score (nSPS) is 15.7. The number of piperidine rings is 1. The Kier molecular flexibility index (Phi) is 5.52. The maximum absolute atomic E-state index is 11.9. The predicted octanol–water partition coefficient (Wildman–Crippen LogP) is 2.97. The summed E-state index contributed by atoms with van der Waals surface area (Å²) >= 11 is 5.95. The Morgan fingerprint density at radius 3 is 2.81 bits per heavy atom. The van der Waals surface area contributed by atoms with Crippen molar-refractivity contribution in [3.8, 4) is 0 Å². The zero-order valence-corrected chi connectivity index (χ0v) is 12.4. The molecule has 0 spiro atoms. The predicted molar refractivity (Wildman–Crippen MR) is 81.6 cm³/mol. The van der Waals surface area contributed by atoms with Crippen molar-refractivity contribution in [1.29, 1.82) is 0 Å². The Hall–Kier alpha value is -1.66. The summed E-state index contributed by atoms with van der Waals surface area (Å²) in [5.41, 5.74) is 0.203. The number of halogens is 1. The van der Waals surface area contributed by atoms with Gasteiger partial charge in [0.15, 0.2) is 0 Å². The van der Waals surface area contributed by atoms with Gasteiger partial charge in [-0.05, 0) is 44.3 Å². The number of anilines is 1. The van der Waals surface area contributed by atoms with Crippen LogP contribution in [-0.4, -0.2) is 23.9 Å². The molecule has 1 amide bonds. The van der Waals surface area contributed by atoms with Crippen molar-refractivity contribution in [3.63, 3.8) is 0 Å². The maximum atomic E-state index is 11.9. The number of nitro groups is 1. The molecule has 2 rings (SSSR count). The number of carbonyl (C=O) groups excluding carboxylic acids is 1. The average molecular weight is 312 g/mol. The first kappa shape index (κ1) is 15.7. The number of amides is 1. The van der Waals surface area contributed by atoms with Crippen LogP contribution in [0.4, 0.5) is 11.4 Å². The third-order valence-electron chi connectivity index (χ3n) is 3.67. The Balaban J connectivity index is 1.89. The molecule has 1 heterocycles. The minimum absolute atomic E-state index is 0.0898. The number of benzene rings is 1. The van der Waals surface area contributed by atoms with Gasteiger partial charge in [-0.1, -0.05) is 11.6 Å². The van der Waals surface area contributed by atoms with Crippen LogP contribution in [0.2, 0.25) is 5.02 Å². The minimum Gasteiger partial charge on any atom is -0.325 e. The highest BCUT2D eigenvalue weighted by molar-refractivity contribution is 6.33. The molecule has 1 aliphatic heterocycles. The van der Waals surface area contributed by atoms with E-state index in [0.29, 0.717) is 23.0 Å². The second kappa shape index (κ2) is 7.38. The Labute approximate surface area is 128 Å². The molecule has 0 bridgehead atoms. The highest BCUT2D eigenvalue weighted by atomic mass is 35.5. The number of hydrogen-bond donors (Lipinski definition) is 2. The van der Waals surface area contributed by atoms with Crippen LogP contribution in [0.5, 0.6) is 0 Å². The third kappa shape index (κ3) is 4.68. The van der Waals surface area contributed by atoms with Gasteiger partial charge in [-0.15, -0.1) is 0 Å². The molecule has 7 heteroatoms. The van der Waals surface area contributed by atoms with E-state index in [1.165, 1.54) is 18.2 Å². The van der Waals surface area contributed by atoms with Crippen molar-refractivity contribution >= 4 is 28.9 Å². The fourth-order valence-corrected chi connectivity index (χ4v) is 2.61. The molecule has 1 saturated heterocycles.